The number of guanidine groups is 1. The summed E-state index contributed by atoms with van der Waals surface area (Å²) in [5, 5.41) is 4.80. The standard InChI is InChI=1S/C25H29N3O2/c29-24(17-12-20-8-3-1-4-9-20)30-28-19-7-18-26-25(28)27-23-15-13-22(14-16-23)21-10-5-2-6-11-21/h1,3-4,8-9,12-17,21H,2,5-7,10-11,18-19H2,(H,26,27)/b17-12+. The van der Waals surface area contributed by atoms with Crippen molar-refractivity contribution in [3.05, 3.63) is 71.8 Å². The van der Waals surface area contributed by atoms with Gasteiger partial charge in [0.25, 0.3) is 0 Å². The minimum atomic E-state index is -0.414. The van der Waals surface area contributed by atoms with E-state index in [4.69, 9.17) is 4.84 Å². The van der Waals surface area contributed by atoms with Gasteiger partial charge in [0, 0.05) is 12.6 Å². The number of benzene rings is 2. The van der Waals surface area contributed by atoms with Gasteiger partial charge in [0.1, 0.15) is 0 Å². The lowest BCUT2D eigenvalue weighted by atomic mass is 9.84. The van der Waals surface area contributed by atoms with Crippen LogP contribution in [0.4, 0.5) is 5.69 Å². The van der Waals surface area contributed by atoms with Gasteiger partial charge in [-0.1, -0.05) is 61.7 Å². The topological polar surface area (TPSA) is 53.9 Å². The number of carbonyl (C=O) groups is 1. The van der Waals surface area contributed by atoms with Crippen LogP contribution in [-0.4, -0.2) is 30.1 Å². The smallest absolute Gasteiger partial charge is 0.353 e. The summed E-state index contributed by atoms with van der Waals surface area (Å²) in [7, 11) is 0. The summed E-state index contributed by atoms with van der Waals surface area (Å²) in [6.07, 6.45) is 10.7. The minimum absolute atomic E-state index is 0.414. The first-order valence-electron chi connectivity index (χ1n) is 10.9. The zero-order chi connectivity index (χ0) is 20.6. The predicted molar refractivity (Wildman–Crippen MR) is 120 cm³/mol. The van der Waals surface area contributed by atoms with E-state index in [1.807, 2.05) is 30.3 Å². The Bertz CT molecular complexity index is 884. The Balaban J connectivity index is 1.40. The molecule has 4 rings (SSSR count). The van der Waals surface area contributed by atoms with Crippen LogP contribution in [0.1, 0.15) is 55.6 Å². The summed E-state index contributed by atoms with van der Waals surface area (Å²) in [6, 6.07) is 18.2. The summed E-state index contributed by atoms with van der Waals surface area (Å²) in [6.45, 7) is 1.43. The van der Waals surface area contributed by atoms with Crippen molar-refractivity contribution in [3.8, 4) is 0 Å². The van der Waals surface area contributed by atoms with Crippen molar-refractivity contribution < 1.29 is 9.63 Å². The molecule has 5 nitrogen and oxygen atoms in total. The molecule has 2 aromatic carbocycles. The molecule has 0 bridgehead atoms. The van der Waals surface area contributed by atoms with E-state index in [0.29, 0.717) is 18.4 Å². The quantitative estimate of drug-likeness (QED) is 0.698. The van der Waals surface area contributed by atoms with E-state index < -0.39 is 5.97 Å². The van der Waals surface area contributed by atoms with E-state index in [0.717, 1.165) is 24.2 Å². The molecule has 156 valence electrons. The van der Waals surface area contributed by atoms with Crippen molar-refractivity contribution in [2.24, 2.45) is 4.99 Å². The first-order valence-corrected chi connectivity index (χ1v) is 10.9. The second kappa shape index (κ2) is 10.1. The van der Waals surface area contributed by atoms with Crippen molar-refractivity contribution in [2.75, 3.05) is 13.1 Å². The Kier molecular flexibility index (Phi) is 6.80. The number of carbonyl (C=O) groups excluding carboxylic acids is 1. The molecule has 0 amide bonds. The maximum Gasteiger partial charge on any atom is 0.356 e. The number of hydrogen-bond donors (Lipinski definition) is 1. The Morgan fingerprint density at radius 1 is 1.00 bits per heavy atom. The predicted octanol–water partition coefficient (Wildman–Crippen LogP) is 5.19. The lowest BCUT2D eigenvalue weighted by Crippen LogP contribution is -2.48. The maximum absolute atomic E-state index is 12.3. The van der Waals surface area contributed by atoms with Crippen LogP contribution in [0, 0.1) is 0 Å². The van der Waals surface area contributed by atoms with Crippen LogP contribution < -0.4 is 5.32 Å². The van der Waals surface area contributed by atoms with E-state index in [9.17, 15) is 4.79 Å². The van der Waals surface area contributed by atoms with Gasteiger partial charge in [-0.2, -0.15) is 5.06 Å². The molecule has 2 aliphatic rings. The number of nitrogens with one attached hydrogen (secondary N) is 1. The Labute approximate surface area is 178 Å². The largest absolute Gasteiger partial charge is 0.356 e. The molecule has 0 spiro atoms. The van der Waals surface area contributed by atoms with Gasteiger partial charge in [0.2, 0.25) is 5.96 Å². The van der Waals surface area contributed by atoms with Gasteiger partial charge >= 0.3 is 5.97 Å². The lowest BCUT2D eigenvalue weighted by molar-refractivity contribution is -0.167. The van der Waals surface area contributed by atoms with Crippen molar-refractivity contribution in [1.29, 1.82) is 0 Å². The van der Waals surface area contributed by atoms with Gasteiger partial charge in [-0.3, -0.25) is 0 Å². The van der Waals surface area contributed by atoms with E-state index >= 15 is 0 Å². The fourth-order valence-corrected chi connectivity index (χ4v) is 4.05. The third kappa shape index (κ3) is 5.50. The van der Waals surface area contributed by atoms with E-state index in [2.05, 4.69) is 34.6 Å². The summed E-state index contributed by atoms with van der Waals surface area (Å²) in [5.74, 6) is 0.846. The van der Waals surface area contributed by atoms with Crippen LogP contribution in [0.25, 0.3) is 6.08 Å². The number of hydrogen-bond acceptors (Lipinski definition) is 3. The van der Waals surface area contributed by atoms with E-state index in [1.165, 1.54) is 43.7 Å². The Morgan fingerprint density at radius 3 is 2.53 bits per heavy atom. The fourth-order valence-electron chi connectivity index (χ4n) is 4.05. The molecule has 1 N–H and O–H groups in total. The van der Waals surface area contributed by atoms with Crippen LogP contribution in [0.5, 0.6) is 0 Å². The third-order valence-electron chi connectivity index (χ3n) is 5.67. The minimum Gasteiger partial charge on any atom is -0.353 e. The number of nitrogens with zero attached hydrogens (tertiary/aromatic N) is 2. The number of hydroxylamine groups is 2. The van der Waals surface area contributed by atoms with Gasteiger partial charge < -0.3 is 10.2 Å². The molecule has 0 radical (unpaired) electrons. The highest BCUT2D eigenvalue weighted by atomic mass is 16.7. The average molecular weight is 404 g/mol. The average Bonchev–Trinajstić information content (AvgIpc) is 2.81. The van der Waals surface area contributed by atoms with Crippen molar-refractivity contribution in [2.45, 2.75) is 44.4 Å². The molecule has 1 heterocycles. The van der Waals surface area contributed by atoms with Crippen molar-refractivity contribution in [1.82, 2.24) is 10.4 Å². The van der Waals surface area contributed by atoms with Gasteiger partial charge in [-0.25, -0.2) is 9.79 Å². The van der Waals surface area contributed by atoms with Gasteiger partial charge in [0.15, 0.2) is 0 Å². The van der Waals surface area contributed by atoms with Gasteiger partial charge in [0.05, 0.1) is 12.2 Å². The van der Waals surface area contributed by atoms with Crippen LogP contribution in [0.3, 0.4) is 0 Å². The summed E-state index contributed by atoms with van der Waals surface area (Å²) >= 11 is 0. The molecule has 2 fully saturated rings. The van der Waals surface area contributed by atoms with E-state index in [-0.39, 0.29) is 0 Å². The summed E-state index contributed by atoms with van der Waals surface area (Å²) < 4.78 is 0. The first-order chi connectivity index (χ1) is 14.8. The molecule has 0 aromatic heterocycles. The van der Waals surface area contributed by atoms with Crippen LogP contribution in [0.2, 0.25) is 0 Å². The highest BCUT2D eigenvalue weighted by Gasteiger charge is 2.20. The molecule has 1 aliphatic heterocycles. The molecule has 0 atom stereocenters. The molecule has 1 saturated heterocycles. The second-order valence-electron chi connectivity index (χ2n) is 7.90. The number of aliphatic imine (C=N–C) groups is 1. The van der Waals surface area contributed by atoms with Gasteiger partial charge in [-0.05, 0) is 54.5 Å². The zero-order valence-corrected chi connectivity index (χ0v) is 17.3. The normalized spacial score (nSPS) is 19.1. The lowest BCUT2D eigenvalue weighted by Gasteiger charge is -2.28. The number of rotatable bonds is 5. The van der Waals surface area contributed by atoms with E-state index in [1.54, 1.807) is 11.1 Å². The molecule has 5 heteroatoms. The summed E-state index contributed by atoms with van der Waals surface area (Å²) in [5.41, 5.74) is 3.22. The fraction of sp³-hybridized carbons (Fsp3) is 0.360. The molecule has 30 heavy (non-hydrogen) atoms. The highest BCUT2D eigenvalue weighted by molar-refractivity contribution is 5.89. The highest BCUT2D eigenvalue weighted by Crippen LogP contribution is 2.33. The summed E-state index contributed by atoms with van der Waals surface area (Å²) in [4.78, 5) is 22.5. The van der Waals surface area contributed by atoms with Crippen LogP contribution in [-0.2, 0) is 9.63 Å². The monoisotopic (exact) mass is 403 g/mol. The molecule has 1 aliphatic carbocycles. The zero-order valence-electron chi connectivity index (χ0n) is 17.3. The molecular weight excluding hydrogens is 374 g/mol. The van der Waals surface area contributed by atoms with Crippen LogP contribution >= 0.6 is 0 Å². The maximum atomic E-state index is 12.3. The van der Waals surface area contributed by atoms with Crippen LogP contribution in [0.15, 0.2) is 65.7 Å². The third-order valence-corrected chi connectivity index (χ3v) is 5.67. The van der Waals surface area contributed by atoms with Crippen molar-refractivity contribution >= 4 is 23.7 Å². The second-order valence-corrected chi connectivity index (χ2v) is 7.90. The van der Waals surface area contributed by atoms with Crippen molar-refractivity contribution in [3.63, 3.8) is 0 Å². The first kappa shape index (κ1) is 20.2. The molecule has 2 aromatic rings. The molecule has 1 saturated carbocycles. The Hall–Kier alpha value is -3.08. The molecule has 0 unspecified atom stereocenters. The van der Waals surface area contributed by atoms with Gasteiger partial charge in [-0.15, -0.1) is 0 Å². The molecular formula is C25H29N3O2. The SMILES string of the molecule is O=C(/C=C/c1ccccc1)ON1CCCNC1=Nc1ccc(C2CCCCC2)cc1. The Morgan fingerprint density at radius 2 is 1.77 bits per heavy atom.